The molecule has 1 fully saturated rings. The zero-order valence-electron chi connectivity index (χ0n) is 11.4. The first-order chi connectivity index (χ1) is 10.7. The third kappa shape index (κ3) is 3.13. The van der Waals surface area contributed by atoms with Crippen molar-refractivity contribution in [1.29, 1.82) is 0 Å². The number of halogens is 2. The minimum atomic E-state index is -0.999. The normalized spacial score (nSPS) is 14.7. The van der Waals surface area contributed by atoms with Crippen LogP contribution in [0.1, 0.15) is 34.6 Å². The molecule has 1 aromatic heterocycles. The highest BCUT2D eigenvalue weighted by molar-refractivity contribution is 6.10. The average molecular weight is 303 g/mol. The molecule has 0 amide bonds. The fourth-order valence-corrected chi connectivity index (χ4v) is 1.69. The summed E-state index contributed by atoms with van der Waals surface area (Å²) in [5.74, 6) is -1.79. The van der Waals surface area contributed by atoms with Crippen LogP contribution in [0.15, 0.2) is 35.7 Å². The standard InChI is InChI=1S/C15H11F2N3O2/c16-12-4-1-10(5-13(12)17)14(20-22-11-2-3-11)15-18-6-9(8-21)7-19-15/h1,4-8,11H,2-3H2. The molecule has 1 aromatic carbocycles. The monoisotopic (exact) mass is 303 g/mol. The average Bonchev–Trinajstić information content (AvgIpc) is 3.36. The summed E-state index contributed by atoms with van der Waals surface area (Å²) in [5, 5.41) is 3.97. The number of aromatic nitrogens is 2. The van der Waals surface area contributed by atoms with E-state index in [4.69, 9.17) is 4.84 Å². The van der Waals surface area contributed by atoms with Crippen LogP contribution < -0.4 is 0 Å². The van der Waals surface area contributed by atoms with Crippen LogP contribution in [0.4, 0.5) is 8.78 Å². The lowest BCUT2D eigenvalue weighted by molar-refractivity contribution is 0.112. The molecule has 112 valence electrons. The van der Waals surface area contributed by atoms with Gasteiger partial charge in [0.05, 0.1) is 5.56 Å². The molecule has 1 heterocycles. The van der Waals surface area contributed by atoms with Gasteiger partial charge < -0.3 is 4.84 Å². The van der Waals surface area contributed by atoms with E-state index in [9.17, 15) is 13.6 Å². The van der Waals surface area contributed by atoms with Crippen LogP contribution in [0.2, 0.25) is 0 Å². The van der Waals surface area contributed by atoms with E-state index in [1.807, 2.05) is 0 Å². The number of carbonyl (C=O) groups is 1. The second-order valence-corrected chi connectivity index (χ2v) is 4.83. The smallest absolute Gasteiger partial charge is 0.182 e. The Morgan fingerprint density at radius 2 is 1.95 bits per heavy atom. The molecule has 2 aromatic rings. The summed E-state index contributed by atoms with van der Waals surface area (Å²) in [6, 6.07) is 3.36. The Bertz CT molecular complexity index is 728. The third-order valence-electron chi connectivity index (χ3n) is 3.03. The number of aldehydes is 1. The minimum absolute atomic E-state index is 0.0366. The fraction of sp³-hybridized carbons (Fsp3) is 0.200. The van der Waals surface area contributed by atoms with Gasteiger partial charge in [-0.3, -0.25) is 4.79 Å². The summed E-state index contributed by atoms with van der Waals surface area (Å²) in [6.07, 6.45) is 5.09. The molecule has 22 heavy (non-hydrogen) atoms. The molecular formula is C15H11F2N3O2. The molecule has 0 N–H and O–H groups in total. The van der Waals surface area contributed by atoms with Gasteiger partial charge in [-0.15, -0.1) is 0 Å². The van der Waals surface area contributed by atoms with Crippen LogP contribution in [0.5, 0.6) is 0 Å². The maximum Gasteiger partial charge on any atom is 0.182 e. The van der Waals surface area contributed by atoms with Crippen LogP contribution >= 0.6 is 0 Å². The topological polar surface area (TPSA) is 64.4 Å². The SMILES string of the molecule is O=Cc1cnc(C(=NOC2CC2)c2ccc(F)c(F)c2)nc1. The van der Waals surface area contributed by atoms with E-state index in [1.165, 1.54) is 18.5 Å². The van der Waals surface area contributed by atoms with E-state index in [0.29, 0.717) is 17.4 Å². The molecule has 0 atom stereocenters. The summed E-state index contributed by atoms with van der Waals surface area (Å²) in [7, 11) is 0. The largest absolute Gasteiger partial charge is 0.392 e. The van der Waals surface area contributed by atoms with Gasteiger partial charge in [-0.2, -0.15) is 0 Å². The number of carbonyl (C=O) groups excluding carboxylic acids is 1. The number of benzene rings is 1. The molecular weight excluding hydrogens is 292 g/mol. The quantitative estimate of drug-likeness (QED) is 0.483. The molecule has 0 radical (unpaired) electrons. The van der Waals surface area contributed by atoms with Crippen molar-refractivity contribution in [3.63, 3.8) is 0 Å². The highest BCUT2D eigenvalue weighted by atomic mass is 19.2. The Balaban J connectivity index is 1.99. The Labute approximate surface area is 124 Å². The molecule has 1 aliphatic rings. The fourth-order valence-electron chi connectivity index (χ4n) is 1.69. The van der Waals surface area contributed by atoms with E-state index in [0.717, 1.165) is 25.0 Å². The molecule has 0 saturated heterocycles. The van der Waals surface area contributed by atoms with E-state index >= 15 is 0 Å². The van der Waals surface area contributed by atoms with Crippen LogP contribution in [-0.4, -0.2) is 28.1 Å². The summed E-state index contributed by atoms with van der Waals surface area (Å²) in [6.45, 7) is 0. The zero-order chi connectivity index (χ0) is 15.5. The molecule has 0 unspecified atom stereocenters. The molecule has 1 aliphatic carbocycles. The first-order valence-electron chi connectivity index (χ1n) is 6.64. The van der Waals surface area contributed by atoms with Crippen molar-refractivity contribution in [3.05, 3.63) is 59.2 Å². The second kappa shape index (κ2) is 5.97. The van der Waals surface area contributed by atoms with Gasteiger partial charge in [0.25, 0.3) is 0 Å². The number of rotatable bonds is 5. The predicted molar refractivity (Wildman–Crippen MR) is 73.5 cm³/mol. The molecule has 3 rings (SSSR count). The predicted octanol–water partition coefficient (Wildman–Crippen LogP) is 2.50. The third-order valence-corrected chi connectivity index (χ3v) is 3.03. The maximum atomic E-state index is 13.4. The number of nitrogens with zero attached hydrogens (tertiary/aromatic N) is 3. The number of oxime groups is 1. The van der Waals surface area contributed by atoms with Crippen molar-refractivity contribution in [2.45, 2.75) is 18.9 Å². The van der Waals surface area contributed by atoms with Gasteiger partial charge in [0.1, 0.15) is 6.10 Å². The lowest BCUT2D eigenvalue weighted by Gasteiger charge is -2.06. The van der Waals surface area contributed by atoms with Gasteiger partial charge in [-0.05, 0) is 31.0 Å². The zero-order valence-corrected chi connectivity index (χ0v) is 11.4. The van der Waals surface area contributed by atoms with E-state index in [-0.39, 0.29) is 17.6 Å². The van der Waals surface area contributed by atoms with Crippen LogP contribution in [0.3, 0.4) is 0 Å². The Morgan fingerprint density at radius 1 is 1.23 bits per heavy atom. The molecule has 1 saturated carbocycles. The van der Waals surface area contributed by atoms with E-state index < -0.39 is 11.6 Å². The summed E-state index contributed by atoms with van der Waals surface area (Å²) >= 11 is 0. The summed E-state index contributed by atoms with van der Waals surface area (Å²) < 4.78 is 26.5. The maximum absolute atomic E-state index is 13.4. The van der Waals surface area contributed by atoms with Crippen molar-refractivity contribution in [2.24, 2.45) is 5.16 Å². The Kier molecular flexibility index (Phi) is 3.86. The van der Waals surface area contributed by atoms with E-state index in [1.54, 1.807) is 0 Å². The first kappa shape index (κ1) is 14.2. The highest BCUT2D eigenvalue weighted by Gasteiger charge is 2.24. The van der Waals surface area contributed by atoms with Crippen molar-refractivity contribution in [3.8, 4) is 0 Å². The highest BCUT2D eigenvalue weighted by Crippen LogP contribution is 2.24. The van der Waals surface area contributed by atoms with Gasteiger partial charge in [-0.25, -0.2) is 18.7 Å². The van der Waals surface area contributed by atoms with Crippen LogP contribution in [0, 0.1) is 11.6 Å². The van der Waals surface area contributed by atoms with E-state index in [2.05, 4.69) is 15.1 Å². The second-order valence-electron chi connectivity index (χ2n) is 4.83. The number of hydrogen-bond acceptors (Lipinski definition) is 5. The van der Waals surface area contributed by atoms with Crippen molar-refractivity contribution in [1.82, 2.24) is 9.97 Å². The molecule has 7 heteroatoms. The minimum Gasteiger partial charge on any atom is -0.392 e. The van der Waals surface area contributed by atoms with Crippen LogP contribution in [0.25, 0.3) is 0 Å². The number of hydrogen-bond donors (Lipinski definition) is 0. The molecule has 0 spiro atoms. The Hall–Kier alpha value is -2.70. The Morgan fingerprint density at radius 3 is 2.55 bits per heavy atom. The first-order valence-corrected chi connectivity index (χ1v) is 6.64. The molecule has 5 nitrogen and oxygen atoms in total. The van der Waals surface area contributed by atoms with Gasteiger partial charge in [0.2, 0.25) is 0 Å². The van der Waals surface area contributed by atoms with Crippen molar-refractivity contribution in [2.75, 3.05) is 0 Å². The van der Waals surface area contributed by atoms with Crippen molar-refractivity contribution < 1.29 is 18.4 Å². The lowest BCUT2D eigenvalue weighted by Crippen LogP contribution is -2.11. The summed E-state index contributed by atoms with van der Waals surface area (Å²) in [5.41, 5.74) is 0.776. The van der Waals surface area contributed by atoms with Crippen LogP contribution in [-0.2, 0) is 4.84 Å². The van der Waals surface area contributed by atoms with Gasteiger partial charge in [0, 0.05) is 18.0 Å². The molecule has 0 bridgehead atoms. The van der Waals surface area contributed by atoms with Gasteiger partial charge in [-0.1, -0.05) is 5.16 Å². The van der Waals surface area contributed by atoms with Crippen molar-refractivity contribution >= 4 is 12.0 Å². The van der Waals surface area contributed by atoms with Gasteiger partial charge >= 0.3 is 0 Å². The lowest BCUT2D eigenvalue weighted by atomic mass is 10.1. The molecule has 0 aliphatic heterocycles. The summed E-state index contributed by atoms with van der Waals surface area (Å²) in [4.78, 5) is 23.9. The van der Waals surface area contributed by atoms with Gasteiger partial charge in [0.15, 0.2) is 29.5 Å².